The van der Waals surface area contributed by atoms with Gasteiger partial charge in [-0.2, -0.15) is 0 Å². The molecule has 0 saturated heterocycles. The average molecular weight is 331 g/mol. The van der Waals surface area contributed by atoms with Gasteiger partial charge in [-0.25, -0.2) is 0 Å². The molecule has 0 unspecified atom stereocenters. The minimum absolute atomic E-state index is 0. The summed E-state index contributed by atoms with van der Waals surface area (Å²) >= 11 is 0. The molecule has 0 aromatic heterocycles. The van der Waals surface area contributed by atoms with Crippen LogP contribution in [0.5, 0.6) is 5.75 Å². The van der Waals surface area contributed by atoms with Gasteiger partial charge in [-0.1, -0.05) is 6.07 Å². The van der Waals surface area contributed by atoms with Crippen LogP contribution in [-0.4, -0.2) is 31.3 Å². The van der Waals surface area contributed by atoms with E-state index >= 15 is 0 Å². The molecule has 22 heavy (non-hydrogen) atoms. The van der Waals surface area contributed by atoms with Crippen molar-refractivity contribution < 1.29 is 14.6 Å². The lowest BCUT2D eigenvalue weighted by molar-refractivity contribution is -0.152. The molecule has 0 aliphatic heterocycles. The fourth-order valence-electron chi connectivity index (χ4n) is 2.36. The van der Waals surface area contributed by atoms with Gasteiger partial charge in [0.15, 0.2) is 0 Å². The van der Waals surface area contributed by atoms with Gasteiger partial charge in [0, 0.05) is 36.4 Å². The van der Waals surface area contributed by atoms with Crippen LogP contribution >= 0.6 is 12.4 Å². The highest BCUT2D eigenvalue weighted by Gasteiger charge is 2.37. The molecule has 1 aromatic carbocycles. The zero-order valence-electron chi connectivity index (χ0n) is 13.9. The summed E-state index contributed by atoms with van der Waals surface area (Å²) in [5.41, 5.74) is 6.73. The van der Waals surface area contributed by atoms with E-state index in [0.717, 1.165) is 18.8 Å². The Balaban J connectivity index is 0.00000441. The van der Waals surface area contributed by atoms with Crippen LogP contribution in [0.2, 0.25) is 0 Å². The highest BCUT2D eigenvalue weighted by Crippen LogP contribution is 2.38. The van der Waals surface area contributed by atoms with Gasteiger partial charge in [0.1, 0.15) is 5.75 Å². The molecular formula is C16H27ClN2O3. The van der Waals surface area contributed by atoms with E-state index in [0.29, 0.717) is 5.56 Å². The number of rotatable bonds is 6. The number of phenolic OH excluding ortho intramolecular Hbond substituents is 1. The lowest BCUT2D eigenvalue weighted by Crippen LogP contribution is -2.37. The van der Waals surface area contributed by atoms with Gasteiger partial charge in [-0.15, -0.1) is 12.4 Å². The van der Waals surface area contributed by atoms with Crippen molar-refractivity contribution in [3.63, 3.8) is 0 Å². The number of nitrogens with zero attached hydrogens (tertiary/aromatic N) is 1. The van der Waals surface area contributed by atoms with Gasteiger partial charge < -0.3 is 20.5 Å². The van der Waals surface area contributed by atoms with Gasteiger partial charge >= 0.3 is 5.97 Å². The van der Waals surface area contributed by atoms with Crippen molar-refractivity contribution in [3.8, 4) is 5.75 Å². The molecule has 0 aliphatic carbocycles. The van der Waals surface area contributed by atoms with Gasteiger partial charge in [-0.3, -0.25) is 4.79 Å². The van der Waals surface area contributed by atoms with Crippen molar-refractivity contribution in [3.05, 3.63) is 23.8 Å². The summed E-state index contributed by atoms with van der Waals surface area (Å²) in [4.78, 5) is 14.0. The van der Waals surface area contributed by atoms with Gasteiger partial charge in [0.05, 0.1) is 12.5 Å². The number of methoxy groups -OCH3 is 1. The molecule has 0 heterocycles. The first-order valence-electron chi connectivity index (χ1n) is 7.21. The highest BCUT2D eigenvalue weighted by molar-refractivity contribution is 5.85. The first kappa shape index (κ1) is 20.5. The van der Waals surface area contributed by atoms with Gasteiger partial charge in [0.2, 0.25) is 0 Å². The Morgan fingerprint density at radius 2 is 1.91 bits per heavy atom. The molecule has 0 saturated carbocycles. The molecule has 0 amide bonds. The third-order valence-electron chi connectivity index (χ3n) is 3.97. The summed E-state index contributed by atoms with van der Waals surface area (Å²) in [7, 11) is 1.33. The van der Waals surface area contributed by atoms with Crippen molar-refractivity contribution >= 4 is 24.1 Å². The number of hydrogen-bond donors (Lipinski definition) is 2. The SMILES string of the molecule is CCN(CC)c1ccc([C@H](N)C(C)(C)C(=O)OC)c(O)c1.Cl. The maximum absolute atomic E-state index is 11.8. The summed E-state index contributed by atoms with van der Waals surface area (Å²) < 4.78 is 4.79. The minimum atomic E-state index is -0.914. The van der Waals surface area contributed by atoms with Crippen molar-refractivity contribution in [2.24, 2.45) is 11.1 Å². The predicted octanol–water partition coefficient (Wildman–Crippen LogP) is 2.86. The zero-order valence-corrected chi connectivity index (χ0v) is 14.7. The quantitative estimate of drug-likeness (QED) is 0.784. The number of anilines is 1. The first-order chi connectivity index (χ1) is 9.79. The van der Waals surface area contributed by atoms with Crippen LogP contribution in [0.1, 0.15) is 39.3 Å². The monoisotopic (exact) mass is 330 g/mol. The summed E-state index contributed by atoms with van der Waals surface area (Å²) in [6.07, 6.45) is 0. The Morgan fingerprint density at radius 1 is 1.36 bits per heavy atom. The standard InChI is InChI=1S/C16H26N2O3.ClH/c1-6-18(7-2)11-8-9-12(13(19)10-11)14(17)16(3,4)15(20)21-5;/h8-10,14,19H,6-7,17H2,1-5H3;1H/t14-;/m0./s1. The fourth-order valence-corrected chi connectivity index (χ4v) is 2.36. The van der Waals surface area contributed by atoms with Crippen LogP contribution in [-0.2, 0) is 9.53 Å². The van der Waals surface area contributed by atoms with E-state index in [1.54, 1.807) is 26.0 Å². The van der Waals surface area contributed by atoms with Crippen LogP contribution < -0.4 is 10.6 Å². The Kier molecular flexibility index (Phi) is 7.70. The summed E-state index contributed by atoms with van der Waals surface area (Å²) in [6.45, 7) is 9.24. The van der Waals surface area contributed by atoms with Crippen LogP contribution in [0.4, 0.5) is 5.69 Å². The van der Waals surface area contributed by atoms with Crippen LogP contribution in [0.15, 0.2) is 18.2 Å². The molecule has 1 aromatic rings. The number of aromatic hydroxyl groups is 1. The number of carbonyl (C=O) groups excluding carboxylic acids is 1. The molecule has 3 N–H and O–H groups in total. The number of halogens is 1. The summed E-state index contributed by atoms with van der Waals surface area (Å²) in [5.74, 6) is -0.300. The molecule has 0 spiro atoms. The number of phenols is 1. The van der Waals surface area contributed by atoms with E-state index < -0.39 is 17.4 Å². The molecule has 1 atom stereocenters. The van der Waals surface area contributed by atoms with Crippen LogP contribution in [0.25, 0.3) is 0 Å². The Bertz CT molecular complexity index is 502. The molecule has 1 rings (SSSR count). The van der Waals surface area contributed by atoms with E-state index in [1.165, 1.54) is 7.11 Å². The molecule has 0 radical (unpaired) electrons. The number of carbonyl (C=O) groups is 1. The summed E-state index contributed by atoms with van der Waals surface area (Å²) in [6, 6.07) is 4.74. The number of nitrogens with two attached hydrogens (primary N) is 1. The summed E-state index contributed by atoms with van der Waals surface area (Å²) in [5, 5.41) is 10.3. The fraction of sp³-hybridized carbons (Fsp3) is 0.562. The number of esters is 1. The third-order valence-corrected chi connectivity index (χ3v) is 3.97. The minimum Gasteiger partial charge on any atom is -0.508 e. The highest BCUT2D eigenvalue weighted by atomic mass is 35.5. The normalized spacial score (nSPS) is 12.3. The average Bonchev–Trinajstić information content (AvgIpc) is 2.47. The Hall–Kier alpha value is -1.46. The Labute approximate surface area is 138 Å². The zero-order chi connectivity index (χ0) is 16.2. The largest absolute Gasteiger partial charge is 0.508 e. The first-order valence-corrected chi connectivity index (χ1v) is 7.21. The maximum Gasteiger partial charge on any atom is 0.313 e. The number of hydrogen-bond acceptors (Lipinski definition) is 5. The molecule has 5 nitrogen and oxygen atoms in total. The predicted molar refractivity (Wildman–Crippen MR) is 91.6 cm³/mol. The van der Waals surface area contributed by atoms with Crippen molar-refractivity contribution in [2.45, 2.75) is 33.7 Å². The lowest BCUT2D eigenvalue weighted by atomic mass is 9.80. The third kappa shape index (κ3) is 4.05. The molecule has 0 aliphatic rings. The second-order valence-electron chi connectivity index (χ2n) is 5.61. The maximum atomic E-state index is 11.8. The van der Waals surface area contributed by atoms with E-state index in [4.69, 9.17) is 10.5 Å². The smallest absolute Gasteiger partial charge is 0.313 e. The van der Waals surface area contributed by atoms with E-state index in [9.17, 15) is 9.90 Å². The number of ether oxygens (including phenoxy) is 1. The molecule has 6 heteroatoms. The van der Waals surface area contributed by atoms with Crippen molar-refractivity contribution in [1.29, 1.82) is 0 Å². The van der Waals surface area contributed by atoms with Gasteiger partial charge in [-0.05, 0) is 33.8 Å². The molecule has 126 valence electrons. The van der Waals surface area contributed by atoms with Crippen LogP contribution in [0, 0.1) is 5.41 Å². The number of benzene rings is 1. The molecular weight excluding hydrogens is 304 g/mol. The second-order valence-corrected chi connectivity index (χ2v) is 5.61. The van der Waals surface area contributed by atoms with E-state index in [-0.39, 0.29) is 18.2 Å². The van der Waals surface area contributed by atoms with E-state index in [1.807, 2.05) is 6.07 Å². The second kappa shape index (κ2) is 8.25. The van der Waals surface area contributed by atoms with Crippen molar-refractivity contribution in [1.82, 2.24) is 0 Å². The Morgan fingerprint density at radius 3 is 2.32 bits per heavy atom. The topological polar surface area (TPSA) is 75.8 Å². The molecule has 0 fully saturated rings. The van der Waals surface area contributed by atoms with Crippen molar-refractivity contribution in [2.75, 3.05) is 25.1 Å². The van der Waals surface area contributed by atoms with E-state index in [2.05, 4.69) is 18.7 Å². The lowest BCUT2D eigenvalue weighted by Gasteiger charge is -2.30. The van der Waals surface area contributed by atoms with Gasteiger partial charge in [0.25, 0.3) is 0 Å². The molecule has 0 bridgehead atoms. The van der Waals surface area contributed by atoms with Crippen LogP contribution in [0.3, 0.4) is 0 Å².